The molecule has 0 radical (unpaired) electrons. The summed E-state index contributed by atoms with van der Waals surface area (Å²) in [5, 5.41) is 0. The Bertz CT molecular complexity index is 1270. The summed E-state index contributed by atoms with van der Waals surface area (Å²) in [5.41, 5.74) is 11.1. The molecule has 0 heterocycles. The van der Waals surface area contributed by atoms with Crippen molar-refractivity contribution in [1.29, 1.82) is 0 Å². The number of nitrogens with two attached hydrogens (primary N) is 1. The Balaban J connectivity index is 1.80. The van der Waals surface area contributed by atoms with Crippen LogP contribution in [0, 0.1) is 11.7 Å². The maximum absolute atomic E-state index is 14.2. The predicted molar refractivity (Wildman–Crippen MR) is 148 cm³/mol. The van der Waals surface area contributed by atoms with E-state index in [9.17, 15) is 18.2 Å². The van der Waals surface area contributed by atoms with Crippen molar-refractivity contribution in [3.05, 3.63) is 70.5 Å². The molecular weight excluding hydrogens is 489 g/mol. The number of carbonyl (C=O) groups excluding carboxylic acids is 2. The van der Waals surface area contributed by atoms with Gasteiger partial charge in [-0.3, -0.25) is 13.8 Å². The molecule has 0 aliphatic heterocycles. The summed E-state index contributed by atoms with van der Waals surface area (Å²) >= 11 is 0. The fourth-order valence-electron chi connectivity index (χ4n) is 4.26. The Hall–Kier alpha value is -3.10. The molecule has 3 rings (SSSR count). The number of hydrogen-bond acceptors (Lipinski definition) is 4. The third-order valence-electron chi connectivity index (χ3n) is 6.88. The third-order valence-corrected chi connectivity index (χ3v) is 7.82. The first-order valence-electron chi connectivity index (χ1n) is 12.3. The summed E-state index contributed by atoms with van der Waals surface area (Å²) in [7, 11) is 2.33. The van der Waals surface area contributed by atoms with Gasteiger partial charge in [0.15, 0.2) is 0 Å². The lowest BCUT2D eigenvalue weighted by molar-refractivity contribution is -0.134. The SMILES string of the molecule is CC1=C(CC(=O)N(C)CCN(C)C(=O)[C@@H](N)C(C)C)c2cc(F)ccc2/C1=C\c1ccc(S(C)=O)cc1. The van der Waals surface area contributed by atoms with Crippen molar-refractivity contribution in [2.24, 2.45) is 11.7 Å². The summed E-state index contributed by atoms with van der Waals surface area (Å²) < 4.78 is 25.9. The van der Waals surface area contributed by atoms with Crippen LogP contribution < -0.4 is 5.73 Å². The van der Waals surface area contributed by atoms with Crippen molar-refractivity contribution in [2.45, 2.75) is 38.1 Å². The molecule has 2 aromatic rings. The van der Waals surface area contributed by atoms with E-state index < -0.39 is 16.8 Å². The minimum Gasteiger partial charge on any atom is -0.344 e. The van der Waals surface area contributed by atoms with E-state index in [-0.39, 0.29) is 30.0 Å². The molecule has 1 aliphatic carbocycles. The Morgan fingerprint density at radius 1 is 1.03 bits per heavy atom. The molecule has 1 aliphatic rings. The lowest BCUT2D eigenvalue weighted by atomic mass is 10.0. The Kier molecular flexibility index (Phi) is 9.21. The Morgan fingerprint density at radius 3 is 2.24 bits per heavy atom. The van der Waals surface area contributed by atoms with Crippen LogP contribution in [0.5, 0.6) is 0 Å². The van der Waals surface area contributed by atoms with Crippen molar-refractivity contribution >= 4 is 39.8 Å². The maximum atomic E-state index is 14.2. The van der Waals surface area contributed by atoms with Crippen LogP contribution in [0.2, 0.25) is 0 Å². The average molecular weight is 526 g/mol. The smallest absolute Gasteiger partial charge is 0.239 e. The zero-order valence-corrected chi connectivity index (χ0v) is 23.2. The largest absolute Gasteiger partial charge is 0.344 e. The summed E-state index contributed by atoms with van der Waals surface area (Å²) in [4.78, 5) is 29.5. The first-order valence-corrected chi connectivity index (χ1v) is 13.9. The second-order valence-electron chi connectivity index (χ2n) is 9.90. The molecule has 0 aromatic heterocycles. The van der Waals surface area contributed by atoms with E-state index in [1.165, 1.54) is 12.1 Å². The number of nitrogens with zero attached hydrogens (tertiary/aromatic N) is 2. The highest BCUT2D eigenvalue weighted by Gasteiger charge is 2.27. The molecule has 198 valence electrons. The predicted octanol–water partition coefficient (Wildman–Crippen LogP) is 4.18. The van der Waals surface area contributed by atoms with Gasteiger partial charge in [0, 0.05) is 49.1 Å². The van der Waals surface area contributed by atoms with Crippen LogP contribution in [0.25, 0.3) is 17.2 Å². The molecule has 2 atom stereocenters. The van der Waals surface area contributed by atoms with Crippen LogP contribution in [0.4, 0.5) is 4.39 Å². The maximum Gasteiger partial charge on any atom is 0.239 e. The van der Waals surface area contributed by atoms with Crippen LogP contribution in [-0.2, 0) is 20.4 Å². The molecule has 2 N–H and O–H groups in total. The molecule has 6 nitrogen and oxygen atoms in total. The first-order chi connectivity index (χ1) is 17.4. The normalized spacial score (nSPS) is 15.6. The fraction of sp³-hybridized carbons (Fsp3) is 0.379. The minimum absolute atomic E-state index is 0.0304. The number of likely N-dealkylation sites (N-methyl/N-ethyl adjacent to an activating group) is 2. The summed E-state index contributed by atoms with van der Waals surface area (Å²) in [6.07, 6.45) is 3.76. The van der Waals surface area contributed by atoms with E-state index in [0.29, 0.717) is 18.7 Å². The second-order valence-corrected chi connectivity index (χ2v) is 11.3. The summed E-state index contributed by atoms with van der Waals surface area (Å²) in [6, 6.07) is 11.5. The zero-order chi connectivity index (χ0) is 27.4. The monoisotopic (exact) mass is 525 g/mol. The first kappa shape index (κ1) is 28.5. The number of hydrogen-bond donors (Lipinski definition) is 1. The van der Waals surface area contributed by atoms with Crippen molar-refractivity contribution in [3.63, 3.8) is 0 Å². The van der Waals surface area contributed by atoms with E-state index in [2.05, 4.69) is 0 Å². The van der Waals surface area contributed by atoms with Crippen LogP contribution in [0.1, 0.15) is 43.9 Å². The fourth-order valence-corrected chi connectivity index (χ4v) is 4.78. The van der Waals surface area contributed by atoms with Crippen LogP contribution >= 0.6 is 0 Å². The van der Waals surface area contributed by atoms with Crippen molar-refractivity contribution < 1.29 is 18.2 Å². The molecule has 2 amide bonds. The van der Waals surface area contributed by atoms with E-state index >= 15 is 0 Å². The molecule has 0 saturated heterocycles. The van der Waals surface area contributed by atoms with Gasteiger partial charge in [0.25, 0.3) is 0 Å². The third kappa shape index (κ3) is 6.62. The number of halogens is 1. The van der Waals surface area contributed by atoms with Gasteiger partial charge in [-0.15, -0.1) is 0 Å². The van der Waals surface area contributed by atoms with E-state index in [0.717, 1.165) is 32.7 Å². The highest BCUT2D eigenvalue weighted by molar-refractivity contribution is 7.84. The van der Waals surface area contributed by atoms with Crippen molar-refractivity contribution in [2.75, 3.05) is 33.4 Å². The number of rotatable bonds is 9. The molecule has 2 aromatic carbocycles. The molecule has 37 heavy (non-hydrogen) atoms. The van der Waals surface area contributed by atoms with Crippen LogP contribution in [0.15, 0.2) is 52.9 Å². The van der Waals surface area contributed by atoms with Gasteiger partial charge in [-0.25, -0.2) is 4.39 Å². The van der Waals surface area contributed by atoms with Crippen molar-refractivity contribution in [1.82, 2.24) is 9.80 Å². The average Bonchev–Trinajstić information content (AvgIpc) is 3.11. The van der Waals surface area contributed by atoms with Gasteiger partial charge in [0.05, 0.1) is 12.5 Å². The highest BCUT2D eigenvalue weighted by atomic mass is 32.2. The topological polar surface area (TPSA) is 83.7 Å². The minimum atomic E-state index is -1.06. The number of fused-ring (bicyclic) bond motifs is 1. The number of carbonyl (C=O) groups is 2. The standard InChI is InChI=1S/C29H36FN3O3S/c1-18(2)28(31)29(35)33(5)14-13-32(4)27(34)17-25-19(3)24(23-12-9-21(30)16-26(23)25)15-20-7-10-22(11-8-20)37(6)36/h7-12,15-16,18,28H,13-14,17,31H2,1-6H3/b24-15-/t28-,37?/m0/s1. The Labute approximate surface area is 221 Å². The van der Waals surface area contributed by atoms with Crippen LogP contribution in [0.3, 0.4) is 0 Å². The van der Waals surface area contributed by atoms with Gasteiger partial charge in [-0.2, -0.15) is 0 Å². The van der Waals surface area contributed by atoms with Gasteiger partial charge >= 0.3 is 0 Å². The molecule has 1 unspecified atom stereocenters. The number of amides is 2. The quantitative estimate of drug-likeness (QED) is 0.532. The Morgan fingerprint density at radius 2 is 1.65 bits per heavy atom. The van der Waals surface area contributed by atoms with Gasteiger partial charge in [0.2, 0.25) is 11.8 Å². The molecule has 0 saturated carbocycles. The lowest BCUT2D eigenvalue weighted by Crippen LogP contribution is -2.47. The lowest BCUT2D eigenvalue weighted by Gasteiger charge is -2.26. The second kappa shape index (κ2) is 12.0. The molecule has 0 bridgehead atoms. The molecule has 0 spiro atoms. The number of benzene rings is 2. The van der Waals surface area contributed by atoms with E-state index in [1.807, 2.05) is 51.1 Å². The van der Waals surface area contributed by atoms with Gasteiger partial charge in [-0.05, 0) is 76.6 Å². The van der Waals surface area contributed by atoms with Crippen molar-refractivity contribution in [3.8, 4) is 0 Å². The molecular formula is C29H36FN3O3S. The summed E-state index contributed by atoms with van der Waals surface area (Å²) in [5.74, 6) is -0.595. The summed E-state index contributed by atoms with van der Waals surface area (Å²) in [6.45, 7) is 6.48. The van der Waals surface area contributed by atoms with Gasteiger partial charge in [-0.1, -0.05) is 32.0 Å². The zero-order valence-electron chi connectivity index (χ0n) is 22.4. The van der Waals surface area contributed by atoms with Gasteiger partial charge < -0.3 is 15.5 Å². The van der Waals surface area contributed by atoms with E-state index in [1.54, 1.807) is 36.2 Å². The van der Waals surface area contributed by atoms with E-state index in [4.69, 9.17) is 5.73 Å². The number of allylic oxidation sites excluding steroid dienone is 2. The molecule has 8 heteroatoms. The van der Waals surface area contributed by atoms with Crippen LogP contribution in [-0.4, -0.2) is 65.3 Å². The van der Waals surface area contributed by atoms with Gasteiger partial charge in [0.1, 0.15) is 5.82 Å². The highest BCUT2D eigenvalue weighted by Crippen LogP contribution is 2.44. The molecule has 0 fully saturated rings.